The van der Waals surface area contributed by atoms with Crippen molar-refractivity contribution in [3.8, 4) is 5.75 Å². The Morgan fingerprint density at radius 2 is 1.61 bits per heavy atom. The Morgan fingerprint density at radius 3 is 2.39 bits per heavy atom. The second-order valence-electron chi connectivity index (χ2n) is 10.8. The molecular formula is C33H42N2O. The summed E-state index contributed by atoms with van der Waals surface area (Å²) < 4.78 is 0. The maximum absolute atomic E-state index is 9.87. The van der Waals surface area contributed by atoms with Crippen molar-refractivity contribution in [3.05, 3.63) is 94.5 Å². The van der Waals surface area contributed by atoms with E-state index in [2.05, 4.69) is 71.3 Å². The van der Waals surface area contributed by atoms with E-state index in [1.165, 1.54) is 78.8 Å². The van der Waals surface area contributed by atoms with Gasteiger partial charge in [-0.25, -0.2) is 0 Å². The minimum absolute atomic E-state index is 0.387. The summed E-state index contributed by atoms with van der Waals surface area (Å²) in [4.78, 5) is 5.19. The van der Waals surface area contributed by atoms with Crippen LogP contribution < -0.4 is 4.90 Å². The van der Waals surface area contributed by atoms with Crippen molar-refractivity contribution in [2.24, 2.45) is 0 Å². The van der Waals surface area contributed by atoms with E-state index in [1.807, 2.05) is 12.1 Å². The SMILES string of the molecule is CCN(Cc1ccc(CCN2CCCCCC2)cc1)c1ccccc1[C@@H]1CCc2cc(O)ccc2C1. The summed E-state index contributed by atoms with van der Waals surface area (Å²) in [6, 6.07) is 24.3. The molecule has 1 atom stereocenters. The summed E-state index contributed by atoms with van der Waals surface area (Å²) in [5, 5.41) is 9.87. The third-order valence-electron chi connectivity index (χ3n) is 8.33. The molecular weight excluding hydrogens is 440 g/mol. The first-order valence-corrected chi connectivity index (χ1v) is 14.1. The van der Waals surface area contributed by atoms with Gasteiger partial charge in [0.25, 0.3) is 0 Å². The van der Waals surface area contributed by atoms with Crippen LogP contribution in [0, 0.1) is 0 Å². The second-order valence-corrected chi connectivity index (χ2v) is 10.8. The molecule has 5 rings (SSSR count). The van der Waals surface area contributed by atoms with Gasteiger partial charge in [0.1, 0.15) is 5.75 Å². The highest BCUT2D eigenvalue weighted by Gasteiger charge is 2.24. The molecule has 0 saturated carbocycles. The number of phenolic OH excluding ortho intramolecular Hbond substituents is 1. The van der Waals surface area contributed by atoms with Gasteiger partial charge in [-0.3, -0.25) is 0 Å². The first-order valence-electron chi connectivity index (χ1n) is 14.1. The molecule has 0 unspecified atom stereocenters. The van der Waals surface area contributed by atoms with Crippen molar-refractivity contribution in [2.45, 2.75) is 70.8 Å². The molecule has 3 nitrogen and oxygen atoms in total. The van der Waals surface area contributed by atoms with Gasteiger partial charge in [-0.05, 0) is 110 Å². The number of hydrogen-bond donors (Lipinski definition) is 1. The number of aromatic hydroxyl groups is 1. The Labute approximate surface area is 217 Å². The molecule has 2 aliphatic rings. The molecule has 1 aliphatic carbocycles. The number of hydrogen-bond acceptors (Lipinski definition) is 3. The third kappa shape index (κ3) is 6.13. The number of anilines is 1. The lowest BCUT2D eigenvalue weighted by Gasteiger charge is -2.31. The molecule has 3 aromatic rings. The zero-order valence-electron chi connectivity index (χ0n) is 22.0. The maximum atomic E-state index is 9.87. The number of likely N-dealkylation sites (tertiary alicyclic amines) is 1. The van der Waals surface area contributed by atoms with Crippen LogP contribution in [0.3, 0.4) is 0 Å². The molecule has 0 amide bonds. The Balaban J connectivity index is 1.25. The van der Waals surface area contributed by atoms with Gasteiger partial charge in [0, 0.05) is 25.3 Å². The summed E-state index contributed by atoms with van der Waals surface area (Å²) >= 11 is 0. The minimum Gasteiger partial charge on any atom is -0.508 e. The van der Waals surface area contributed by atoms with E-state index in [4.69, 9.17) is 0 Å². The lowest BCUT2D eigenvalue weighted by molar-refractivity contribution is 0.289. The molecule has 0 radical (unpaired) electrons. The number of rotatable bonds is 8. The second kappa shape index (κ2) is 12.0. The van der Waals surface area contributed by atoms with E-state index >= 15 is 0 Å². The van der Waals surface area contributed by atoms with Crippen LogP contribution in [0.5, 0.6) is 5.75 Å². The fraction of sp³-hybridized carbons (Fsp3) is 0.455. The van der Waals surface area contributed by atoms with Gasteiger partial charge in [-0.15, -0.1) is 0 Å². The van der Waals surface area contributed by atoms with Crippen LogP contribution in [-0.4, -0.2) is 36.2 Å². The van der Waals surface area contributed by atoms with E-state index in [-0.39, 0.29) is 0 Å². The summed E-state index contributed by atoms with van der Waals surface area (Å²) in [5.74, 6) is 0.909. The van der Waals surface area contributed by atoms with E-state index < -0.39 is 0 Å². The highest BCUT2D eigenvalue weighted by Crippen LogP contribution is 2.38. The van der Waals surface area contributed by atoms with Gasteiger partial charge in [0.05, 0.1) is 0 Å². The average Bonchev–Trinajstić information content (AvgIpc) is 3.20. The lowest BCUT2D eigenvalue weighted by Crippen LogP contribution is -2.27. The van der Waals surface area contributed by atoms with Gasteiger partial charge in [-0.2, -0.15) is 0 Å². The van der Waals surface area contributed by atoms with Gasteiger partial charge in [-0.1, -0.05) is 61.4 Å². The predicted molar refractivity (Wildman–Crippen MR) is 151 cm³/mol. The molecule has 0 aromatic heterocycles. The highest BCUT2D eigenvalue weighted by atomic mass is 16.3. The normalized spacial score (nSPS) is 18.4. The smallest absolute Gasteiger partial charge is 0.115 e. The molecule has 36 heavy (non-hydrogen) atoms. The molecule has 0 bridgehead atoms. The molecule has 1 heterocycles. The van der Waals surface area contributed by atoms with Gasteiger partial charge >= 0.3 is 0 Å². The largest absolute Gasteiger partial charge is 0.508 e. The number of para-hydroxylation sites is 1. The standard InChI is InChI=1S/C33H42N2O/c1-2-35(25-27-13-11-26(12-14-27)19-22-34-20-7-3-4-8-21-34)33-10-6-5-9-32(33)30-16-15-29-24-31(36)18-17-28(29)23-30/h5-6,9-14,17-18,24,30,36H,2-4,7-8,15-16,19-23,25H2,1H3/t30-/m1/s1. The van der Waals surface area contributed by atoms with Gasteiger partial charge < -0.3 is 14.9 Å². The lowest BCUT2D eigenvalue weighted by atomic mass is 9.79. The average molecular weight is 483 g/mol. The zero-order valence-corrected chi connectivity index (χ0v) is 22.0. The van der Waals surface area contributed by atoms with Crippen LogP contribution in [0.4, 0.5) is 5.69 Å². The van der Waals surface area contributed by atoms with Crippen LogP contribution in [0.25, 0.3) is 0 Å². The van der Waals surface area contributed by atoms with E-state index in [9.17, 15) is 5.11 Å². The Kier molecular flexibility index (Phi) is 8.28. The molecule has 1 saturated heterocycles. The van der Waals surface area contributed by atoms with Crippen LogP contribution >= 0.6 is 0 Å². The van der Waals surface area contributed by atoms with Crippen molar-refractivity contribution >= 4 is 5.69 Å². The number of nitrogens with zero attached hydrogens (tertiary/aromatic N) is 2. The molecule has 0 spiro atoms. The fourth-order valence-electron chi connectivity index (χ4n) is 6.17. The summed E-state index contributed by atoms with van der Waals surface area (Å²) in [7, 11) is 0. The molecule has 190 valence electrons. The molecule has 3 heteroatoms. The molecule has 1 fully saturated rings. The first kappa shape index (κ1) is 24.9. The fourth-order valence-corrected chi connectivity index (χ4v) is 6.17. The van der Waals surface area contributed by atoms with E-state index in [0.717, 1.165) is 38.8 Å². The zero-order chi connectivity index (χ0) is 24.7. The Bertz CT molecular complexity index is 1110. The minimum atomic E-state index is 0.387. The van der Waals surface area contributed by atoms with Crippen LogP contribution in [-0.2, 0) is 25.8 Å². The van der Waals surface area contributed by atoms with Crippen molar-refractivity contribution < 1.29 is 5.11 Å². The van der Waals surface area contributed by atoms with Crippen molar-refractivity contribution in [1.82, 2.24) is 4.90 Å². The van der Waals surface area contributed by atoms with Gasteiger partial charge in [0.2, 0.25) is 0 Å². The Hall–Kier alpha value is -2.78. The van der Waals surface area contributed by atoms with E-state index in [1.54, 1.807) is 0 Å². The van der Waals surface area contributed by atoms with Crippen molar-refractivity contribution in [3.63, 3.8) is 0 Å². The summed E-state index contributed by atoms with van der Waals surface area (Å²) in [6.07, 6.45) is 9.91. The molecule has 1 aliphatic heterocycles. The molecule has 3 aromatic carbocycles. The van der Waals surface area contributed by atoms with Gasteiger partial charge in [0.15, 0.2) is 0 Å². The number of benzene rings is 3. The predicted octanol–water partition coefficient (Wildman–Crippen LogP) is 7.11. The maximum Gasteiger partial charge on any atom is 0.115 e. The summed E-state index contributed by atoms with van der Waals surface area (Å²) in [6.45, 7) is 7.95. The number of phenols is 1. The van der Waals surface area contributed by atoms with Crippen LogP contribution in [0.2, 0.25) is 0 Å². The third-order valence-corrected chi connectivity index (χ3v) is 8.33. The van der Waals surface area contributed by atoms with Crippen molar-refractivity contribution in [2.75, 3.05) is 31.1 Å². The monoisotopic (exact) mass is 482 g/mol. The first-order chi connectivity index (χ1) is 17.7. The number of aryl methyl sites for hydroxylation is 1. The van der Waals surface area contributed by atoms with Crippen LogP contribution in [0.15, 0.2) is 66.7 Å². The quantitative estimate of drug-likeness (QED) is 0.371. The highest BCUT2D eigenvalue weighted by molar-refractivity contribution is 5.56. The Morgan fingerprint density at radius 1 is 0.861 bits per heavy atom. The summed E-state index contributed by atoms with van der Waals surface area (Å²) in [5.41, 5.74) is 8.38. The van der Waals surface area contributed by atoms with Crippen LogP contribution in [0.1, 0.15) is 72.8 Å². The topological polar surface area (TPSA) is 26.7 Å². The van der Waals surface area contributed by atoms with Crippen molar-refractivity contribution in [1.29, 1.82) is 0 Å². The van der Waals surface area contributed by atoms with E-state index in [0.29, 0.717) is 11.7 Å². The number of fused-ring (bicyclic) bond motifs is 1. The molecule has 1 N–H and O–H groups in total.